The van der Waals surface area contributed by atoms with Gasteiger partial charge < -0.3 is 14.8 Å². The van der Waals surface area contributed by atoms with Gasteiger partial charge in [0.15, 0.2) is 0 Å². The molecule has 2 aromatic rings. The third kappa shape index (κ3) is 5.10. The fourth-order valence-electron chi connectivity index (χ4n) is 5.32. The number of carbonyl (C=O) groups excluding carboxylic acids is 2. The first-order chi connectivity index (χ1) is 16.0. The van der Waals surface area contributed by atoms with Crippen LogP contribution in [0.1, 0.15) is 75.7 Å². The highest BCUT2D eigenvalue weighted by atomic mass is 35.5. The van der Waals surface area contributed by atoms with Crippen LogP contribution in [0.4, 0.5) is 0 Å². The molecule has 0 radical (unpaired) electrons. The summed E-state index contributed by atoms with van der Waals surface area (Å²) in [4.78, 5) is 31.5. The molecule has 1 aliphatic heterocycles. The Morgan fingerprint density at radius 2 is 2.00 bits per heavy atom. The summed E-state index contributed by atoms with van der Waals surface area (Å²) < 4.78 is 3.15. The van der Waals surface area contributed by atoms with E-state index in [4.69, 9.17) is 11.6 Å². The normalized spacial score (nSPS) is 22.4. The van der Waals surface area contributed by atoms with Crippen LogP contribution in [0.3, 0.4) is 0 Å². The van der Waals surface area contributed by atoms with Crippen molar-refractivity contribution in [3.8, 4) is 0 Å². The standard InChI is InChI=1S/C25H37ClN4O2S/c1-3-28(18-26)13-9-14-30-23(31)21-16-22-20(12-15-33-22)29(21)17-25(30,2)24(32)27-19-10-7-5-4-6-8-11-19/h12,15-16,19H,3-11,13-14,17-18H2,1-2H3,(H,27,32). The molecule has 1 atom stereocenters. The van der Waals surface area contributed by atoms with Gasteiger partial charge >= 0.3 is 0 Å². The Labute approximate surface area is 206 Å². The van der Waals surface area contributed by atoms with E-state index in [2.05, 4.69) is 27.8 Å². The Balaban J connectivity index is 1.58. The second-order valence-corrected chi connectivity index (χ2v) is 10.9. The van der Waals surface area contributed by atoms with Crippen LogP contribution in [0.2, 0.25) is 0 Å². The maximum Gasteiger partial charge on any atom is 0.271 e. The Morgan fingerprint density at radius 3 is 2.70 bits per heavy atom. The van der Waals surface area contributed by atoms with E-state index in [9.17, 15) is 9.59 Å². The number of carbonyl (C=O) groups is 2. The van der Waals surface area contributed by atoms with Gasteiger partial charge in [-0.1, -0.05) is 39.0 Å². The highest BCUT2D eigenvalue weighted by molar-refractivity contribution is 7.17. The van der Waals surface area contributed by atoms with E-state index < -0.39 is 5.54 Å². The second kappa shape index (κ2) is 10.8. The van der Waals surface area contributed by atoms with E-state index in [1.54, 1.807) is 11.3 Å². The van der Waals surface area contributed by atoms with Gasteiger partial charge in [0.2, 0.25) is 5.91 Å². The molecule has 33 heavy (non-hydrogen) atoms. The highest BCUT2D eigenvalue weighted by Gasteiger charge is 2.47. The largest absolute Gasteiger partial charge is 0.351 e. The van der Waals surface area contributed by atoms with Crippen LogP contribution >= 0.6 is 22.9 Å². The molecule has 0 spiro atoms. The minimum absolute atomic E-state index is 0.0196. The van der Waals surface area contributed by atoms with Crippen molar-refractivity contribution in [2.24, 2.45) is 0 Å². The minimum Gasteiger partial charge on any atom is -0.351 e. The molecule has 2 aliphatic rings. The van der Waals surface area contributed by atoms with Crippen LogP contribution in [0.5, 0.6) is 0 Å². The van der Waals surface area contributed by atoms with Crippen molar-refractivity contribution >= 4 is 45.0 Å². The quantitative estimate of drug-likeness (QED) is 0.414. The topological polar surface area (TPSA) is 57.6 Å². The van der Waals surface area contributed by atoms with E-state index in [1.165, 1.54) is 19.3 Å². The number of hydrogen-bond acceptors (Lipinski definition) is 4. The van der Waals surface area contributed by atoms with E-state index in [0.717, 1.165) is 55.4 Å². The van der Waals surface area contributed by atoms with Crippen LogP contribution in [-0.2, 0) is 11.3 Å². The summed E-state index contributed by atoms with van der Waals surface area (Å²) in [5, 5.41) is 5.41. The van der Waals surface area contributed by atoms with Crippen LogP contribution in [0.25, 0.3) is 10.2 Å². The summed E-state index contributed by atoms with van der Waals surface area (Å²) in [7, 11) is 0. The second-order valence-electron chi connectivity index (χ2n) is 9.72. The Morgan fingerprint density at radius 1 is 1.27 bits per heavy atom. The summed E-state index contributed by atoms with van der Waals surface area (Å²) in [5.74, 6) is -0.0669. The van der Waals surface area contributed by atoms with Gasteiger partial charge in [0.25, 0.3) is 5.91 Å². The van der Waals surface area contributed by atoms with Crippen molar-refractivity contribution in [3.63, 3.8) is 0 Å². The lowest BCUT2D eigenvalue weighted by molar-refractivity contribution is -0.133. The summed E-state index contributed by atoms with van der Waals surface area (Å²) >= 11 is 7.68. The molecular formula is C25H37ClN4O2S. The SMILES string of the molecule is CCN(CCl)CCCN1C(=O)c2cc3sccc3n2CC1(C)C(=O)NC1CCCCCCC1. The van der Waals surface area contributed by atoms with Gasteiger partial charge in [-0.25, -0.2) is 0 Å². The molecule has 1 aliphatic carbocycles. The number of thiophene rings is 1. The number of aromatic nitrogens is 1. The van der Waals surface area contributed by atoms with Crippen LogP contribution < -0.4 is 5.32 Å². The van der Waals surface area contributed by atoms with E-state index in [-0.39, 0.29) is 17.9 Å². The zero-order chi connectivity index (χ0) is 23.4. The van der Waals surface area contributed by atoms with Gasteiger partial charge in [0, 0.05) is 19.1 Å². The Bertz CT molecular complexity index is 961. The molecule has 1 fully saturated rings. The average Bonchev–Trinajstić information content (AvgIpc) is 3.37. The molecule has 182 valence electrons. The predicted octanol–water partition coefficient (Wildman–Crippen LogP) is 5.05. The molecule has 6 nitrogen and oxygen atoms in total. The molecule has 1 N–H and O–H groups in total. The summed E-state index contributed by atoms with van der Waals surface area (Å²) in [6.45, 7) is 6.74. The fourth-order valence-corrected chi connectivity index (χ4v) is 6.43. The van der Waals surface area contributed by atoms with Crippen molar-refractivity contribution in [1.29, 1.82) is 0 Å². The third-order valence-corrected chi connectivity index (χ3v) is 8.64. The number of fused-ring (bicyclic) bond motifs is 3. The first-order valence-electron chi connectivity index (χ1n) is 12.5. The number of alkyl halides is 1. The van der Waals surface area contributed by atoms with Gasteiger partial charge in [0.05, 0.1) is 22.8 Å². The fraction of sp³-hybridized carbons (Fsp3) is 0.680. The highest BCUT2D eigenvalue weighted by Crippen LogP contribution is 2.34. The summed E-state index contributed by atoms with van der Waals surface area (Å²) in [6, 6.07) is 4.71. The van der Waals surface area contributed by atoms with Gasteiger partial charge in [-0.2, -0.15) is 0 Å². The van der Waals surface area contributed by atoms with Crippen LogP contribution in [0, 0.1) is 0 Å². The van der Waals surface area contributed by atoms with Crippen LogP contribution in [-0.4, -0.2) is 63.4 Å². The molecule has 2 amide bonds. The molecule has 1 unspecified atom stereocenters. The lowest BCUT2D eigenvalue weighted by atomic mass is 9.92. The van der Waals surface area contributed by atoms with Gasteiger partial charge in [-0.05, 0) is 50.2 Å². The summed E-state index contributed by atoms with van der Waals surface area (Å²) in [5.41, 5.74) is 0.822. The van der Waals surface area contributed by atoms with Gasteiger partial charge in [-0.15, -0.1) is 22.9 Å². The van der Waals surface area contributed by atoms with Gasteiger partial charge in [0.1, 0.15) is 11.2 Å². The average molecular weight is 493 g/mol. The molecule has 2 aromatic heterocycles. The third-order valence-electron chi connectivity index (χ3n) is 7.45. The molecule has 0 aromatic carbocycles. The van der Waals surface area contributed by atoms with E-state index in [1.807, 2.05) is 23.3 Å². The summed E-state index contributed by atoms with van der Waals surface area (Å²) in [6.07, 6.45) is 8.94. The number of nitrogens with zero attached hydrogens (tertiary/aromatic N) is 3. The van der Waals surface area contributed by atoms with Crippen molar-refractivity contribution in [2.75, 3.05) is 25.6 Å². The molecular weight excluding hydrogens is 456 g/mol. The predicted molar refractivity (Wildman–Crippen MR) is 136 cm³/mol. The number of nitrogens with one attached hydrogen (secondary N) is 1. The molecule has 3 heterocycles. The number of rotatable bonds is 8. The zero-order valence-corrected chi connectivity index (χ0v) is 21.5. The van der Waals surface area contributed by atoms with Crippen molar-refractivity contribution in [1.82, 2.24) is 19.7 Å². The monoisotopic (exact) mass is 492 g/mol. The maximum atomic E-state index is 13.8. The minimum atomic E-state index is -0.918. The Hall–Kier alpha value is -1.57. The Kier molecular flexibility index (Phi) is 8.03. The maximum absolute atomic E-state index is 13.8. The lowest BCUT2D eigenvalue weighted by Gasteiger charge is -2.45. The molecule has 0 saturated heterocycles. The van der Waals surface area contributed by atoms with Crippen molar-refractivity contribution in [3.05, 3.63) is 23.2 Å². The lowest BCUT2D eigenvalue weighted by Crippen LogP contribution is -2.65. The number of hydrogen-bond donors (Lipinski definition) is 1. The van der Waals surface area contributed by atoms with Crippen LogP contribution in [0.15, 0.2) is 17.5 Å². The molecule has 4 rings (SSSR count). The first kappa shape index (κ1) is 24.6. The first-order valence-corrected chi connectivity index (χ1v) is 13.9. The van der Waals surface area contributed by atoms with Crippen molar-refractivity contribution in [2.45, 2.75) is 83.3 Å². The van der Waals surface area contributed by atoms with E-state index in [0.29, 0.717) is 24.8 Å². The van der Waals surface area contributed by atoms with E-state index >= 15 is 0 Å². The zero-order valence-electron chi connectivity index (χ0n) is 19.9. The smallest absolute Gasteiger partial charge is 0.271 e. The number of amides is 2. The molecule has 0 bridgehead atoms. The van der Waals surface area contributed by atoms with Crippen molar-refractivity contribution < 1.29 is 9.59 Å². The molecule has 8 heteroatoms. The number of halogens is 1. The molecule has 1 saturated carbocycles. The van der Waals surface area contributed by atoms with Gasteiger partial charge in [-0.3, -0.25) is 14.5 Å².